The van der Waals surface area contributed by atoms with Crippen LogP contribution in [0.1, 0.15) is 16.7 Å². The lowest BCUT2D eigenvalue weighted by Gasteiger charge is -2.06. The first kappa shape index (κ1) is 18.3. The highest BCUT2D eigenvalue weighted by atomic mass is 35.5. The molecule has 5 heteroatoms. The Morgan fingerprint density at radius 2 is 1.62 bits per heavy atom. The number of halogens is 2. The number of rotatable bonds is 7. The second kappa shape index (κ2) is 9.27. The van der Waals surface area contributed by atoms with Gasteiger partial charge in [0.15, 0.2) is 0 Å². The Balaban J connectivity index is 1.48. The summed E-state index contributed by atoms with van der Waals surface area (Å²) in [5.74, 6) is 0.805. The van der Waals surface area contributed by atoms with Gasteiger partial charge in [-0.3, -0.25) is 0 Å². The summed E-state index contributed by atoms with van der Waals surface area (Å²) in [7, 11) is 0. The first-order valence-electron chi connectivity index (χ1n) is 8.07. The van der Waals surface area contributed by atoms with E-state index in [9.17, 15) is 0 Å². The van der Waals surface area contributed by atoms with Crippen molar-refractivity contribution in [3.8, 4) is 5.75 Å². The number of nitrogens with zero attached hydrogens (tertiary/aromatic N) is 1. The van der Waals surface area contributed by atoms with Crippen molar-refractivity contribution >= 4 is 29.4 Å². The van der Waals surface area contributed by atoms with Crippen LogP contribution < -0.4 is 4.74 Å². The van der Waals surface area contributed by atoms with Crippen molar-refractivity contribution < 1.29 is 9.57 Å². The number of oxime groups is 1. The normalized spacial score (nSPS) is 10.8. The topological polar surface area (TPSA) is 30.8 Å². The minimum Gasteiger partial charge on any atom is -0.489 e. The molecule has 3 aromatic rings. The summed E-state index contributed by atoms with van der Waals surface area (Å²) in [5, 5.41) is 5.12. The molecule has 3 rings (SSSR count). The average molecular weight is 386 g/mol. The van der Waals surface area contributed by atoms with Crippen LogP contribution in [-0.2, 0) is 18.1 Å². The van der Waals surface area contributed by atoms with E-state index in [0.717, 1.165) is 22.4 Å². The van der Waals surface area contributed by atoms with Crippen molar-refractivity contribution in [3.05, 3.63) is 99.5 Å². The third kappa shape index (κ3) is 5.51. The Morgan fingerprint density at radius 3 is 2.35 bits per heavy atom. The first-order chi connectivity index (χ1) is 12.7. The fourth-order valence-corrected chi connectivity index (χ4v) is 2.70. The number of benzene rings is 3. The first-order valence-corrected chi connectivity index (χ1v) is 8.82. The van der Waals surface area contributed by atoms with E-state index in [1.807, 2.05) is 60.7 Å². The second-order valence-corrected chi connectivity index (χ2v) is 6.43. The van der Waals surface area contributed by atoms with Gasteiger partial charge in [0.1, 0.15) is 19.0 Å². The smallest absolute Gasteiger partial charge is 0.143 e. The highest BCUT2D eigenvalue weighted by Crippen LogP contribution is 2.21. The summed E-state index contributed by atoms with van der Waals surface area (Å²) in [6, 6.07) is 23.0. The fourth-order valence-electron chi connectivity index (χ4n) is 2.23. The highest BCUT2D eigenvalue weighted by molar-refractivity contribution is 6.35. The Hall–Kier alpha value is -2.49. The molecule has 0 radical (unpaired) electrons. The molecule has 0 spiro atoms. The molecule has 0 heterocycles. The summed E-state index contributed by atoms with van der Waals surface area (Å²) in [6.45, 7) is 0.823. The predicted octanol–water partition coefficient (Wildman–Crippen LogP) is 6.12. The monoisotopic (exact) mass is 385 g/mol. The van der Waals surface area contributed by atoms with Crippen LogP contribution in [0.4, 0.5) is 0 Å². The van der Waals surface area contributed by atoms with Crippen molar-refractivity contribution in [1.29, 1.82) is 0 Å². The molecule has 132 valence electrons. The molecule has 0 amide bonds. The van der Waals surface area contributed by atoms with Crippen LogP contribution in [0.15, 0.2) is 78.0 Å². The van der Waals surface area contributed by atoms with Gasteiger partial charge in [-0.05, 0) is 47.5 Å². The van der Waals surface area contributed by atoms with Crippen molar-refractivity contribution in [2.75, 3.05) is 0 Å². The van der Waals surface area contributed by atoms with E-state index in [-0.39, 0.29) is 6.61 Å². The van der Waals surface area contributed by atoms with Crippen LogP contribution in [0.2, 0.25) is 10.0 Å². The van der Waals surface area contributed by atoms with E-state index in [4.69, 9.17) is 32.8 Å². The molecule has 0 bridgehead atoms. The maximum atomic E-state index is 6.09. The number of ether oxygens (including phenoxy) is 1. The summed E-state index contributed by atoms with van der Waals surface area (Å²) in [6.07, 6.45) is 1.64. The van der Waals surface area contributed by atoms with E-state index in [1.54, 1.807) is 18.3 Å². The van der Waals surface area contributed by atoms with Crippen LogP contribution in [0.5, 0.6) is 5.75 Å². The molecule has 0 aliphatic heterocycles. The molecule has 0 N–H and O–H groups in total. The Morgan fingerprint density at radius 1 is 0.846 bits per heavy atom. The SMILES string of the molecule is Clc1ccc(CON=Cc2ccc(OCc3ccccc3)cc2)c(Cl)c1. The summed E-state index contributed by atoms with van der Waals surface area (Å²) >= 11 is 11.9. The van der Waals surface area contributed by atoms with Gasteiger partial charge in [0.2, 0.25) is 0 Å². The van der Waals surface area contributed by atoms with E-state index >= 15 is 0 Å². The Kier molecular flexibility index (Phi) is 6.53. The summed E-state index contributed by atoms with van der Waals surface area (Å²) in [5.41, 5.74) is 2.88. The Labute approximate surface area is 162 Å². The zero-order chi connectivity index (χ0) is 18.2. The molecular formula is C21H17Cl2NO2. The number of hydrogen-bond acceptors (Lipinski definition) is 3. The van der Waals surface area contributed by atoms with Crippen molar-refractivity contribution in [3.63, 3.8) is 0 Å². The molecular weight excluding hydrogens is 369 g/mol. The van der Waals surface area contributed by atoms with Crippen LogP contribution in [0.3, 0.4) is 0 Å². The minimum absolute atomic E-state index is 0.283. The fraction of sp³-hybridized carbons (Fsp3) is 0.0952. The van der Waals surface area contributed by atoms with Crippen LogP contribution in [0, 0.1) is 0 Å². The van der Waals surface area contributed by atoms with Gasteiger partial charge in [-0.2, -0.15) is 0 Å². The third-order valence-corrected chi connectivity index (χ3v) is 4.23. The minimum atomic E-state index is 0.283. The lowest BCUT2D eigenvalue weighted by Crippen LogP contribution is -1.95. The van der Waals surface area contributed by atoms with Crippen LogP contribution in [-0.4, -0.2) is 6.21 Å². The van der Waals surface area contributed by atoms with Gasteiger partial charge in [0.05, 0.1) is 6.21 Å². The molecule has 3 aromatic carbocycles. The molecule has 0 aromatic heterocycles. The zero-order valence-electron chi connectivity index (χ0n) is 13.9. The van der Waals surface area contributed by atoms with Crippen LogP contribution >= 0.6 is 23.2 Å². The maximum absolute atomic E-state index is 6.09. The van der Waals surface area contributed by atoms with Crippen molar-refractivity contribution in [1.82, 2.24) is 0 Å². The molecule has 0 atom stereocenters. The molecule has 0 fully saturated rings. The zero-order valence-corrected chi connectivity index (χ0v) is 15.5. The quantitative estimate of drug-likeness (QED) is 0.362. The largest absolute Gasteiger partial charge is 0.489 e. The third-order valence-electron chi connectivity index (χ3n) is 3.64. The standard InChI is InChI=1S/C21H17Cl2NO2/c22-19-9-8-18(21(23)12-19)15-26-24-13-16-6-10-20(11-7-16)25-14-17-4-2-1-3-5-17/h1-13H,14-15H2. The molecule has 0 saturated carbocycles. The van der Waals surface area contributed by atoms with Gasteiger partial charge in [0, 0.05) is 15.6 Å². The molecule has 26 heavy (non-hydrogen) atoms. The Bertz CT molecular complexity index is 865. The second-order valence-electron chi connectivity index (χ2n) is 5.59. The van der Waals surface area contributed by atoms with Crippen molar-refractivity contribution in [2.24, 2.45) is 5.16 Å². The lowest BCUT2D eigenvalue weighted by atomic mass is 10.2. The van der Waals surface area contributed by atoms with Crippen molar-refractivity contribution in [2.45, 2.75) is 13.2 Å². The maximum Gasteiger partial charge on any atom is 0.143 e. The van der Waals surface area contributed by atoms with Gasteiger partial charge >= 0.3 is 0 Å². The van der Waals surface area contributed by atoms with Gasteiger partial charge in [-0.15, -0.1) is 0 Å². The van der Waals surface area contributed by atoms with E-state index in [2.05, 4.69) is 5.16 Å². The molecule has 0 aliphatic rings. The predicted molar refractivity (Wildman–Crippen MR) is 106 cm³/mol. The number of hydrogen-bond donors (Lipinski definition) is 0. The van der Waals surface area contributed by atoms with Crippen LogP contribution in [0.25, 0.3) is 0 Å². The summed E-state index contributed by atoms with van der Waals surface area (Å²) < 4.78 is 5.75. The summed E-state index contributed by atoms with van der Waals surface area (Å²) in [4.78, 5) is 5.29. The molecule has 0 unspecified atom stereocenters. The lowest BCUT2D eigenvalue weighted by molar-refractivity contribution is 0.132. The molecule has 0 aliphatic carbocycles. The van der Waals surface area contributed by atoms with Gasteiger partial charge in [-0.25, -0.2) is 0 Å². The highest BCUT2D eigenvalue weighted by Gasteiger charge is 2.01. The van der Waals surface area contributed by atoms with E-state index < -0.39 is 0 Å². The van der Waals surface area contributed by atoms with E-state index in [0.29, 0.717) is 16.7 Å². The molecule has 0 saturated heterocycles. The average Bonchev–Trinajstić information content (AvgIpc) is 2.67. The molecule has 3 nitrogen and oxygen atoms in total. The van der Waals surface area contributed by atoms with Gasteiger partial charge in [0.25, 0.3) is 0 Å². The van der Waals surface area contributed by atoms with Gasteiger partial charge < -0.3 is 9.57 Å². The van der Waals surface area contributed by atoms with Gasteiger partial charge in [-0.1, -0.05) is 64.8 Å². The van der Waals surface area contributed by atoms with E-state index in [1.165, 1.54) is 0 Å².